The number of carboxylic acid groups (broad SMARTS) is 1. The fraction of sp³-hybridized carbons (Fsp3) is 0.500. The largest absolute Gasteiger partial charge is 0.477 e. The molecule has 1 fully saturated rings. The zero-order valence-electron chi connectivity index (χ0n) is 9.71. The molecule has 9 heteroatoms. The Balaban J connectivity index is 2.29. The second-order valence-corrected chi connectivity index (χ2v) is 6.01. The van der Waals surface area contributed by atoms with Crippen molar-refractivity contribution in [2.24, 2.45) is 0 Å². The van der Waals surface area contributed by atoms with E-state index in [4.69, 9.17) is 5.11 Å². The maximum atomic E-state index is 12.0. The predicted octanol–water partition coefficient (Wildman–Crippen LogP) is 1.06. The number of nitrogens with zero attached hydrogens (tertiary/aromatic N) is 1. The summed E-state index contributed by atoms with van der Waals surface area (Å²) in [5.74, 6) is -1.25. The molecule has 0 saturated heterocycles. The summed E-state index contributed by atoms with van der Waals surface area (Å²) in [5, 5.41) is 8.98. The average Bonchev–Trinajstić information content (AvgIpc) is 3.04. The second kappa shape index (κ2) is 4.89. The summed E-state index contributed by atoms with van der Waals surface area (Å²) in [6.07, 6.45) is -0.0773. The molecule has 0 bridgehead atoms. The lowest BCUT2D eigenvalue weighted by molar-refractivity contribution is 0.0685. The molecule has 19 heavy (non-hydrogen) atoms. The molecule has 1 aliphatic rings. The van der Waals surface area contributed by atoms with Crippen LogP contribution in [0, 0.1) is 0 Å². The first-order chi connectivity index (χ1) is 8.81. The number of hydrogen-bond acceptors (Lipinski definition) is 3. The molecule has 1 aliphatic carbocycles. The first kappa shape index (κ1) is 13.9. The van der Waals surface area contributed by atoms with Crippen LogP contribution in [0.4, 0.5) is 8.78 Å². The molecule has 2 rings (SSSR count). The van der Waals surface area contributed by atoms with E-state index in [0.717, 1.165) is 18.9 Å². The Morgan fingerprint density at radius 1 is 1.53 bits per heavy atom. The number of carbonyl (C=O) groups is 1. The fourth-order valence-electron chi connectivity index (χ4n) is 1.68. The van der Waals surface area contributed by atoms with Gasteiger partial charge < -0.3 is 9.67 Å². The quantitative estimate of drug-likeness (QED) is 0.821. The van der Waals surface area contributed by atoms with Crippen LogP contribution in [0.1, 0.15) is 29.4 Å². The molecule has 1 saturated carbocycles. The van der Waals surface area contributed by atoms with Gasteiger partial charge in [-0.15, -0.1) is 0 Å². The average molecular weight is 294 g/mol. The van der Waals surface area contributed by atoms with Crippen molar-refractivity contribution < 1.29 is 27.1 Å². The predicted molar refractivity (Wildman–Crippen MR) is 60.9 cm³/mol. The number of nitrogens with one attached hydrogen (secondary N) is 1. The molecule has 1 aromatic rings. The number of rotatable bonds is 6. The minimum Gasteiger partial charge on any atom is -0.477 e. The maximum absolute atomic E-state index is 12.0. The van der Waals surface area contributed by atoms with Gasteiger partial charge in [-0.2, -0.15) is 0 Å². The Kier molecular flexibility index (Phi) is 3.59. The maximum Gasteiger partial charge on any atom is 0.352 e. The van der Waals surface area contributed by atoms with Crippen molar-refractivity contribution in [3.8, 4) is 0 Å². The van der Waals surface area contributed by atoms with Gasteiger partial charge in [-0.05, 0) is 18.9 Å². The van der Waals surface area contributed by atoms with E-state index >= 15 is 0 Å². The van der Waals surface area contributed by atoms with Gasteiger partial charge in [0.05, 0.1) is 6.54 Å². The molecular formula is C10H12F2N2O4S. The molecule has 0 amide bonds. The number of aromatic nitrogens is 1. The van der Waals surface area contributed by atoms with Crippen LogP contribution in [0.5, 0.6) is 0 Å². The lowest BCUT2D eigenvalue weighted by Gasteiger charge is -2.03. The van der Waals surface area contributed by atoms with E-state index in [9.17, 15) is 22.0 Å². The molecule has 0 atom stereocenters. The van der Waals surface area contributed by atoms with Crippen LogP contribution in [0.25, 0.3) is 0 Å². The highest BCUT2D eigenvalue weighted by Gasteiger charge is 2.30. The van der Waals surface area contributed by atoms with Crippen molar-refractivity contribution >= 4 is 16.0 Å². The molecule has 6 nitrogen and oxygen atoms in total. The van der Waals surface area contributed by atoms with Crippen molar-refractivity contribution in [1.82, 2.24) is 9.29 Å². The number of carboxylic acids is 1. The lowest BCUT2D eigenvalue weighted by Crippen LogP contribution is -2.28. The monoisotopic (exact) mass is 294 g/mol. The summed E-state index contributed by atoms with van der Waals surface area (Å²) >= 11 is 0. The minimum absolute atomic E-state index is 0.0230. The van der Waals surface area contributed by atoms with Crippen LogP contribution in [0.15, 0.2) is 17.2 Å². The molecule has 0 aromatic carbocycles. The van der Waals surface area contributed by atoms with Gasteiger partial charge in [0.15, 0.2) is 0 Å². The minimum atomic E-state index is -4.11. The summed E-state index contributed by atoms with van der Waals surface area (Å²) in [7, 11) is -4.11. The number of aromatic carboxylic acids is 1. The Morgan fingerprint density at radius 2 is 2.16 bits per heavy atom. The highest BCUT2D eigenvalue weighted by Crippen LogP contribution is 2.37. The van der Waals surface area contributed by atoms with Crippen molar-refractivity contribution in [2.75, 3.05) is 6.54 Å². The SMILES string of the molecule is O=C(O)c1cc(S(=O)(=O)NCC(F)F)cn1C1CC1. The lowest BCUT2D eigenvalue weighted by atomic mass is 10.4. The molecule has 1 aromatic heterocycles. The molecule has 2 N–H and O–H groups in total. The number of hydrogen-bond donors (Lipinski definition) is 2. The van der Waals surface area contributed by atoms with Gasteiger partial charge in [-0.1, -0.05) is 0 Å². The normalized spacial score (nSPS) is 15.9. The Bertz CT molecular complexity index is 593. The van der Waals surface area contributed by atoms with Crippen LogP contribution < -0.4 is 4.72 Å². The van der Waals surface area contributed by atoms with Crippen LogP contribution >= 0.6 is 0 Å². The molecular weight excluding hydrogens is 282 g/mol. The van der Waals surface area contributed by atoms with Gasteiger partial charge in [-0.25, -0.2) is 26.7 Å². The standard InChI is InChI=1S/C10H12F2N2O4S/c11-9(12)4-13-19(17,18)7-3-8(10(15)16)14(5-7)6-1-2-6/h3,5-6,9,13H,1-2,4H2,(H,15,16). The van der Waals surface area contributed by atoms with Gasteiger partial charge in [0.1, 0.15) is 10.6 Å². The number of halogens is 2. The summed E-state index contributed by atoms with van der Waals surface area (Å²) in [5.41, 5.74) is -0.153. The van der Waals surface area contributed by atoms with E-state index in [2.05, 4.69) is 0 Å². The zero-order chi connectivity index (χ0) is 14.2. The molecule has 0 spiro atoms. The summed E-state index contributed by atoms with van der Waals surface area (Å²) < 4.78 is 50.5. The van der Waals surface area contributed by atoms with E-state index in [-0.39, 0.29) is 16.6 Å². The fourth-order valence-corrected chi connectivity index (χ4v) is 2.71. The van der Waals surface area contributed by atoms with Gasteiger partial charge in [0, 0.05) is 12.2 Å². The topological polar surface area (TPSA) is 88.4 Å². The van der Waals surface area contributed by atoms with Crippen LogP contribution in [-0.4, -0.2) is 37.0 Å². The van der Waals surface area contributed by atoms with Gasteiger partial charge in [0.25, 0.3) is 6.43 Å². The molecule has 1 heterocycles. The Hall–Kier alpha value is -1.48. The Labute approximate surface area is 108 Å². The third kappa shape index (κ3) is 3.10. The number of alkyl halides is 2. The van der Waals surface area contributed by atoms with E-state index in [0.29, 0.717) is 0 Å². The van der Waals surface area contributed by atoms with Crippen molar-refractivity contribution in [1.29, 1.82) is 0 Å². The van der Waals surface area contributed by atoms with Crippen molar-refractivity contribution in [2.45, 2.75) is 30.2 Å². The van der Waals surface area contributed by atoms with E-state index in [1.807, 2.05) is 0 Å². The number of sulfonamides is 1. The molecule has 0 radical (unpaired) electrons. The third-order valence-corrected chi connectivity index (χ3v) is 4.11. The van der Waals surface area contributed by atoms with E-state index in [1.54, 1.807) is 4.72 Å². The van der Waals surface area contributed by atoms with Crippen molar-refractivity contribution in [3.05, 3.63) is 18.0 Å². The second-order valence-electron chi connectivity index (χ2n) is 4.25. The van der Waals surface area contributed by atoms with Crippen LogP contribution in [-0.2, 0) is 10.0 Å². The van der Waals surface area contributed by atoms with Gasteiger partial charge >= 0.3 is 5.97 Å². The molecule has 0 aliphatic heterocycles. The van der Waals surface area contributed by atoms with E-state index in [1.165, 1.54) is 10.8 Å². The third-order valence-electron chi connectivity index (χ3n) is 2.72. The van der Waals surface area contributed by atoms with Gasteiger partial charge in [-0.3, -0.25) is 0 Å². The van der Waals surface area contributed by atoms with Gasteiger partial charge in [0.2, 0.25) is 10.0 Å². The summed E-state index contributed by atoms with van der Waals surface area (Å²) in [6.45, 7) is -1.00. The summed E-state index contributed by atoms with van der Waals surface area (Å²) in [6, 6.07) is 0.958. The highest BCUT2D eigenvalue weighted by molar-refractivity contribution is 7.89. The molecule has 106 valence electrons. The zero-order valence-corrected chi connectivity index (χ0v) is 10.5. The summed E-state index contributed by atoms with van der Waals surface area (Å²) in [4.78, 5) is 10.7. The Morgan fingerprint density at radius 3 is 2.63 bits per heavy atom. The molecule has 0 unspecified atom stereocenters. The highest BCUT2D eigenvalue weighted by atomic mass is 32.2. The van der Waals surface area contributed by atoms with Crippen LogP contribution in [0.2, 0.25) is 0 Å². The first-order valence-electron chi connectivity index (χ1n) is 5.54. The van der Waals surface area contributed by atoms with Crippen molar-refractivity contribution in [3.63, 3.8) is 0 Å². The first-order valence-corrected chi connectivity index (χ1v) is 7.02. The van der Waals surface area contributed by atoms with E-state index < -0.39 is 29.0 Å². The smallest absolute Gasteiger partial charge is 0.352 e. The van der Waals surface area contributed by atoms with Crippen LogP contribution in [0.3, 0.4) is 0 Å².